The van der Waals surface area contributed by atoms with Crippen molar-refractivity contribution in [2.75, 3.05) is 43.5 Å². The number of nitrogens with one attached hydrogen (secondary N) is 1. The molecule has 162 valence electrons. The molecule has 4 rings (SSSR count). The smallest absolute Gasteiger partial charge is 0.256 e. The van der Waals surface area contributed by atoms with E-state index in [1.54, 1.807) is 30.6 Å². The van der Waals surface area contributed by atoms with Gasteiger partial charge in [-0.05, 0) is 55.8 Å². The Labute approximate surface area is 188 Å². The van der Waals surface area contributed by atoms with Crippen LogP contribution >= 0.6 is 11.3 Å². The van der Waals surface area contributed by atoms with Crippen molar-refractivity contribution in [2.24, 2.45) is 0 Å². The Balaban J connectivity index is 1.43. The molecule has 1 aliphatic rings. The van der Waals surface area contributed by atoms with Gasteiger partial charge in [0.1, 0.15) is 10.8 Å². The third-order valence-corrected chi connectivity index (χ3v) is 7.13. The minimum atomic E-state index is -0.0842. The van der Waals surface area contributed by atoms with E-state index in [0.717, 1.165) is 43.5 Å². The summed E-state index contributed by atoms with van der Waals surface area (Å²) in [6.07, 6.45) is 0. The maximum absolute atomic E-state index is 12.8. The maximum Gasteiger partial charge on any atom is 0.256 e. The van der Waals surface area contributed by atoms with Crippen molar-refractivity contribution in [3.63, 3.8) is 0 Å². The van der Waals surface area contributed by atoms with E-state index in [1.807, 2.05) is 12.1 Å². The lowest BCUT2D eigenvalue weighted by molar-refractivity contribution is 0.102. The van der Waals surface area contributed by atoms with Gasteiger partial charge in [-0.2, -0.15) is 0 Å². The van der Waals surface area contributed by atoms with Crippen molar-refractivity contribution < 1.29 is 9.53 Å². The molecule has 0 radical (unpaired) electrons. The molecule has 0 unspecified atom stereocenters. The SMILES string of the molecule is COc1ccc(C(=O)Nc2sc(C)c(C)c2CN2CCN(c3ccccc3)CC2)cc1. The number of ether oxygens (including phenoxy) is 1. The van der Waals surface area contributed by atoms with Gasteiger partial charge < -0.3 is 15.0 Å². The van der Waals surface area contributed by atoms with Crippen LogP contribution in [-0.4, -0.2) is 44.1 Å². The van der Waals surface area contributed by atoms with E-state index < -0.39 is 0 Å². The lowest BCUT2D eigenvalue weighted by atomic mass is 10.1. The zero-order valence-electron chi connectivity index (χ0n) is 18.4. The van der Waals surface area contributed by atoms with Gasteiger partial charge in [-0.1, -0.05) is 18.2 Å². The topological polar surface area (TPSA) is 44.8 Å². The number of thiophene rings is 1. The zero-order chi connectivity index (χ0) is 21.8. The van der Waals surface area contributed by atoms with Crippen LogP contribution in [0.1, 0.15) is 26.4 Å². The molecule has 1 fully saturated rings. The summed E-state index contributed by atoms with van der Waals surface area (Å²) in [6, 6.07) is 17.8. The van der Waals surface area contributed by atoms with Crippen LogP contribution in [0, 0.1) is 13.8 Å². The summed E-state index contributed by atoms with van der Waals surface area (Å²) in [7, 11) is 1.62. The number of benzene rings is 2. The molecule has 3 aromatic rings. The number of nitrogens with zero attached hydrogens (tertiary/aromatic N) is 2. The van der Waals surface area contributed by atoms with Crippen molar-refractivity contribution in [1.29, 1.82) is 0 Å². The van der Waals surface area contributed by atoms with E-state index >= 15 is 0 Å². The van der Waals surface area contributed by atoms with Crippen molar-refractivity contribution in [1.82, 2.24) is 4.90 Å². The fraction of sp³-hybridized carbons (Fsp3) is 0.320. The Morgan fingerprint density at radius 2 is 1.68 bits per heavy atom. The second-order valence-corrected chi connectivity index (χ2v) is 9.10. The lowest BCUT2D eigenvalue weighted by Crippen LogP contribution is -2.46. The van der Waals surface area contributed by atoms with Crippen LogP contribution in [0.3, 0.4) is 0 Å². The highest BCUT2D eigenvalue weighted by Gasteiger charge is 2.22. The van der Waals surface area contributed by atoms with Crippen molar-refractivity contribution in [2.45, 2.75) is 20.4 Å². The van der Waals surface area contributed by atoms with Crippen LogP contribution in [0.5, 0.6) is 5.75 Å². The predicted octanol–water partition coefficient (Wildman–Crippen LogP) is 4.95. The van der Waals surface area contributed by atoms with Crippen molar-refractivity contribution in [3.05, 3.63) is 76.2 Å². The molecule has 6 heteroatoms. The van der Waals surface area contributed by atoms with E-state index in [-0.39, 0.29) is 5.91 Å². The third kappa shape index (κ3) is 4.92. The number of hydrogen-bond donors (Lipinski definition) is 1. The zero-order valence-corrected chi connectivity index (χ0v) is 19.2. The molecule has 0 saturated carbocycles. The predicted molar refractivity (Wildman–Crippen MR) is 129 cm³/mol. The van der Waals surface area contributed by atoms with Crippen molar-refractivity contribution >= 4 is 27.9 Å². The average molecular weight is 436 g/mol. The number of amides is 1. The third-order valence-electron chi connectivity index (χ3n) is 5.96. The Morgan fingerprint density at radius 3 is 2.32 bits per heavy atom. The second kappa shape index (κ2) is 9.54. The van der Waals surface area contributed by atoms with Crippen LogP contribution in [0.25, 0.3) is 0 Å². The van der Waals surface area contributed by atoms with E-state index in [9.17, 15) is 4.79 Å². The van der Waals surface area contributed by atoms with Crippen LogP contribution in [0.15, 0.2) is 54.6 Å². The lowest BCUT2D eigenvalue weighted by Gasteiger charge is -2.36. The first kappa shape index (κ1) is 21.4. The molecule has 2 aromatic carbocycles. The second-order valence-electron chi connectivity index (χ2n) is 7.87. The maximum atomic E-state index is 12.8. The molecule has 1 aromatic heterocycles. The van der Waals surface area contributed by atoms with E-state index in [2.05, 4.69) is 59.3 Å². The molecule has 1 N–H and O–H groups in total. The Morgan fingerprint density at radius 1 is 1.00 bits per heavy atom. The fourth-order valence-electron chi connectivity index (χ4n) is 3.91. The molecule has 1 amide bonds. The minimum Gasteiger partial charge on any atom is -0.497 e. The summed E-state index contributed by atoms with van der Waals surface area (Å²) in [6.45, 7) is 9.19. The standard InChI is InChI=1S/C25H29N3O2S/c1-18-19(2)31-25(26-24(29)20-9-11-22(30-3)12-10-20)23(18)17-27-13-15-28(16-14-27)21-7-5-4-6-8-21/h4-12H,13-17H2,1-3H3,(H,26,29). The molecular weight excluding hydrogens is 406 g/mol. The van der Waals surface area contributed by atoms with Crippen LogP contribution in [0.4, 0.5) is 10.7 Å². The van der Waals surface area contributed by atoms with Gasteiger partial charge in [0.15, 0.2) is 0 Å². The number of para-hydroxylation sites is 1. The monoisotopic (exact) mass is 435 g/mol. The highest BCUT2D eigenvalue weighted by molar-refractivity contribution is 7.16. The summed E-state index contributed by atoms with van der Waals surface area (Å²) in [5.74, 6) is 0.661. The largest absolute Gasteiger partial charge is 0.497 e. The van der Waals surface area contributed by atoms with Gasteiger partial charge in [-0.3, -0.25) is 9.69 Å². The molecule has 1 saturated heterocycles. The van der Waals surface area contributed by atoms with Gasteiger partial charge >= 0.3 is 0 Å². The molecule has 0 atom stereocenters. The molecule has 2 heterocycles. The van der Waals surface area contributed by atoms with Gasteiger partial charge in [0.2, 0.25) is 0 Å². The molecule has 31 heavy (non-hydrogen) atoms. The Kier molecular flexibility index (Phi) is 6.59. The number of aryl methyl sites for hydroxylation is 1. The van der Waals surface area contributed by atoms with Gasteiger partial charge in [-0.25, -0.2) is 0 Å². The van der Waals surface area contributed by atoms with Gasteiger partial charge in [0.05, 0.1) is 7.11 Å². The Bertz CT molecular complexity index is 1020. The average Bonchev–Trinajstić information content (AvgIpc) is 3.07. The summed E-state index contributed by atoms with van der Waals surface area (Å²) >= 11 is 1.66. The van der Waals surface area contributed by atoms with Crippen LogP contribution < -0.4 is 15.0 Å². The van der Waals surface area contributed by atoms with Gasteiger partial charge in [-0.15, -0.1) is 11.3 Å². The Hall–Kier alpha value is -2.83. The first-order chi connectivity index (χ1) is 15.0. The highest BCUT2D eigenvalue weighted by atomic mass is 32.1. The first-order valence-corrected chi connectivity index (χ1v) is 11.4. The number of anilines is 2. The summed E-state index contributed by atoms with van der Waals surface area (Å²) in [5.41, 5.74) is 4.43. The molecule has 0 aliphatic carbocycles. The molecular formula is C25H29N3O2S. The van der Waals surface area contributed by atoms with E-state index in [1.165, 1.54) is 21.7 Å². The minimum absolute atomic E-state index is 0.0842. The number of methoxy groups -OCH3 is 1. The summed E-state index contributed by atoms with van der Waals surface area (Å²) < 4.78 is 5.19. The number of carbonyl (C=O) groups is 1. The highest BCUT2D eigenvalue weighted by Crippen LogP contribution is 2.34. The van der Waals surface area contributed by atoms with Crippen LogP contribution in [-0.2, 0) is 6.54 Å². The number of piperazine rings is 1. The number of rotatable bonds is 6. The molecule has 5 nitrogen and oxygen atoms in total. The number of hydrogen-bond acceptors (Lipinski definition) is 5. The first-order valence-electron chi connectivity index (χ1n) is 10.6. The van der Waals surface area contributed by atoms with Gasteiger partial charge in [0, 0.05) is 54.4 Å². The number of carbonyl (C=O) groups excluding carboxylic acids is 1. The normalized spacial score (nSPS) is 14.5. The summed E-state index contributed by atoms with van der Waals surface area (Å²) in [5, 5.41) is 4.11. The van der Waals surface area contributed by atoms with Crippen LogP contribution in [0.2, 0.25) is 0 Å². The molecule has 0 bridgehead atoms. The molecule has 1 aliphatic heterocycles. The van der Waals surface area contributed by atoms with E-state index in [0.29, 0.717) is 5.56 Å². The fourth-order valence-corrected chi connectivity index (χ4v) is 4.98. The van der Waals surface area contributed by atoms with Crippen molar-refractivity contribution in [3.8, 4) is 5.75 Å². The molecule has 0 spiro atoms. The van der Waals surface area contributed by atoms with E-state index in [4.69, 9.17) is 4.74 Å². The quantitative estimate of drug-likeness (QED) is 0.595. The summed E-state index contributed by atoms with van der Waals surface area (Å²) in [4.78, 5) is 19.0. The van der Waals surface area contributed by atoms with Gasteiger partial charge in [0.25, 0.3) is 5.91 Å².